The molecule has 1 rings (SSSR count). The SMILES string of the molecule is CC(N)CCCC(C)C(=O)Nc1nccs1. The van der Waals surface area contributed by atoms with Gasteiger partial charge in [0.1, 0.15) is 0 Å². The average molecular weight is 241 g/mol. The van der Waals surface area contributed by atoms with Crippen LogP contribution in [0.5, 0.6) is 0 Å². The van der Waals surface area contributed by atoms with Crippen LogP contribution in [0, 0.1) is 5.92 Å². The number of thiazole rings is 1. The molecular formula is C11H19N3OS. The van der Waals surface area contributed by atoms with Crippen molar-refractivity contribution in [1.29, 1.82) is 0 Å². The standard InChI is InChI=1S/C11H19N3OS/c1-8(4-3-5-9(2)12)10(15)14-11-13-6-7-16-11/h6-9H,3-5,12H2,1-2H3,(H,13,14,15). The van der Waals surface area contributed by atoms with E-state index < -0.39 is 0 Å². The Morgan fingerprint density at radius 2 is 2.31 bits per heavy atom. The van der Waals surface area contributed by atoms with Gasteiger partial charge in [-0.1, -0.05) is 13.3 Å². The number of anilines is 1. The van der Waals surface area contributed by atoms with Crippen molar-refractivity contribution in [3.63, 3.8) is 0 Å². The van der Waals surface area contributed by atoms with Gasteiger partial charge in [0.15, 0.2) is 5.13 Å². The number of carbonyl (C=O) groups is 1. The molecule has 90 valence electrons. The Kier molecular flexibility index (Phi) is 5.42. The van der Waals surface area contributed by atoms with E-state index in [0.717, 1.165) is 19.3 Å². The van der Waals surface area contributed by atoms with E-state index in [4.69, 9.17) is 5.73 Å². The zero-order valence-corrected chi connectivity index (χ0v) is 10.6. The van der Waals surface area contributed by atoms with E-state index in [1.165, 1.54) is 11.3 Å². The van der Waals surface area contributed by atoms with Crippen molar-refractivity contribution in [2.45, 2.75) is 39.2 Å². The maximum absolute atomic E-state index is 11.7. The first-order chi connectivity index (χ1) is 7.59. The Labute approximate surface area is 100 Å². The van der Waals surface area contributed by atoms with Crippen molar-refractivity contribution in [2.24, 2.45) is 11.7 Å². The Morgan fingerprint density at radius 1 is 1.56 bits per heavy atom. The van der Waals surface area contributed by atoms with Gasteiger partial charge in [0.25, 0.3) is 0 Å². The largest absolute Gasteiger partial charge is 0.328 e. The minimum Gasteiger partial charge on any atom is -0.328 e. The zero-order valence-electron chi connectivity index (χ0n) is 9.77. The molecule has 4 nitrogen and oxygen atoms in total. The third kappa shape index (κ3) is 4.72. The summed E-state index contributed by atoms with van der Waals surface area (Å²) in [6.07, 6.45) is 4.51. The van der Waals surface area contributed by atoms with E-state index in [9.17, 15) is 4.79 Å². The molecule has 2 unspecified atom stereocenters. The molecule has 2 atom stereocenters. The highest BCUT2D eigenvalue weighted by Gasteiger charge is 2.13. The van der Waals surface area contributed by atoms with Gasteiger partial charge in [0, 0.05) is 23.5 Å². The summed E-state index contributed by atoms with van der Waals surface area (Å²) in [6.45, 7) is 3.92. The van der Waals surface area contributed by atoms with Crippen LogP contribution in [-0.4, -0.2) is 16.9 Å². The summed E-state index contributed by atoms with van der Waals surface area (Å²) >= 11 is 1.43. The van der Waals surface area contributed by atoms with E-state index in [0.29, 0.717) is 5.13 Å². The van der Waals surface area contributed by atoms with Gasteiger partial charge in [0.2, 0.25) is 5.91 Å². The lowest BCUT2D eigenvalue weighted by Gasteiger charge is -2.11. The molecule has 3 N–H and O–H groups in total. The first-order valence-electron chi connectivity index (χ1n) is 5.55. The fraction of sp³-hybridized carbons (Fsp3) is 0.636. The monoisotopic (exact) mass is 241 g/mol. The van der Waals surface area contributed by atoms with Gasteiger partial charge in [-0.25, -0.2) is 4.98 Å². The van der Waals surface area contributed by atoms with Gasteiger partial charge in [0.05, 0.1) is 0 Å². The fourth-order valence-electron chi connectivity index (χ4n) is 1.39. The Bertz CT molecular complexity index is 311. The summed E-state index contributed by atoms with van der Waals surface area (Å²) < 4.78 is 0. The number of nitrogens with zero attached hydrogens (tertiary/aromatic N) is 1. The van der Waals surface area contributed by atoms with Gasteiger partial charge >= 0.3 is 0 Å². The minimum atomic E-state index is 0.0163. The number of hydrogen-bond donors (Lipinski definition) is 2. The molecule has 0 aliphatic carbocycles. The van der Waals surface area contributed by atoms with Crippen LogP contribution in [0.15, 0.2) is 11.6 Å². The molecule has 16 heavy (non-hydrogen) atoms. The number of aromatic nitrogens is 1. The van der Waals surface area contributed by atoms with Crippen molar-refractivity contribution in [2.75, 3.05) is 5.32 Å². The smallest absolute Gasteiger partial charge is 0.228 e. The number of rotatable bonds is 6. The van der Waals surface area contributed by atoms with Crippen LogP contribution in [0.2, 0.25) is 0 Å². The van der Waals surface area contributed by atoms with E-state index in [1.807, 2.05) is 19.2 Å². The third-order valence-corrected chi connectivity index (χ3v) is 3.10. The van der Waals surface area contributed by atoms with E-state index >= 15 is 0 Å². The van der Waals surface area contributed by atoms with Crippen molar-refractivity contribution in [3.8, 4) is 0 Å². The number of amides is 1. The van der Waals surface area contributed by atoms with Crippen LogP contribution >= 0.6 is 11.3 Å². The number of carbonyl (C=O) groups excluding carboxylic acids is 1. The molecule has 0 aromatic carbocycles. The van der Waals surface area contributed by atoms with Crippen molar-refractivity contribution in [1.82, 2.24) is 4.98 Å². The molecule has 1 heterocycles. The molecule has 0 aliphatic rings. The van der Waals surface area contributed by atoms with Gasteiger partial charge in [-0.2, -0.15) is 0 Å². The molecule has 0 fully saturated rings. The van der Waals surface area contributed by atoms with Gasteiger partial charge in [-0.05, 0) is 19.8 Å². The molecular weight excluding hydrogens is 222 g/mol. The summed E-state index contributed by atoms with van der Waals surface area (Å²) in [5.74, 6) is 0.0577. The minimum absolute atomic E-state index is 0.0163. The van der Waals surface area contributed by atoms with Gasteiger partial charge < -0.3 is 11.1 Å². The topological polar surface area (TPSA) is 68.0 Å². The Balaban J connectivity index is 2.25. The summed E-state index contributed by atoms with van der Waals surface area (Å²) in [5, 5.41) is 5.31. The first kappa shape index (κ1) is 13.1. The lowest BCUT2D eigenvalue weighted by atomic mass is 10.0. The molecule has 0 bridgehead atoms. The van der Waals surface area contributed by atoms with Gasteiger partial charge in [-0.3, -0.25) is 4.79 Å². The van der Waals surface area contributed by atoms with Crippen molar-refractivity contribution in [3.05, 3.63) is 11.6 Å². The lowest BCUT2D eigenvalue weighted by molar-refractivity contribution is -0.119. The van der Waals surface area contributed by atoms with Crippen LogP contribution < -0.4 is 11.1 Å². The summed E-state index contributed by atoms with van der Waals surface area (Å²) in [4.78, 5) is 15.7. The maximum atomic E-state index is 11.7. The predicted octanol–water partition coefficient (Wildman–Crippen LogP) is 2.24. The number of hydrogen-bond acceptors (Lipinski definition) is 4. The van der Waals surface area contributed by atoms with Crippen LogP contribution in [0.25, 0.3) is 0 Å². The van der Waals surface area contributed by atoms with E-state index in [1.54, 1.807) is 6.20 Å². The van der Waals surface area contributed by atoms with Gasteiger partial charge in [-0.15, -0.1) is 11.3 Å². The summed E-state index contributed by atoms with van der Waals surface area (Å²) in [7, 11) is 0. The molecule has 1 aromatic rings. The fourth-order valence-corrected chi connectivity index (χ4v) is 1.92. The normalized spacial score (nSPS) is 14.4. The van der Waals surface area contributed by atoms with Crippen LogP contribution in [0.1, 0.15) is 33.1 Å². The van der Waals surface area contributed by atoms with E-state index in [2.05, 4.69) is 10.3 Å². The average Bonchev–Trinajstić information content (AvgIpc) is 2.69. The summed E-state index contributed by atoms with van der Waals surface area (Å²) in [6, 6.07) is 0.217. The zero-order chi connectivity index (χ0) is 12.0. The third-order valence-electron chi connectivity index (χ3n) is 2.41. The van der Waals surface area contributed by atoms with Crippen LogP contribution in [0.3, 0.4) is 0 Å². The molecule has 0 saturated heterocycles. The van der Waals surface area contributed by atoms with Crippen molar-refractivity contribution < 1.29 is 4.79 Å². The molecule has 0 radical (unpaired) electrons. The van der Waals surface area contributed by atoms with Crippen LogP contribution in [0.4, 0.5) is 5.13 Å². The second kappa shape index (κ2) is 6.60. The maximum Gasteiger partial charge on any atom is 0.228 e. The second-order valence-electron chi connectivity index (χ2n) is 4.14. The second-order valence-corrected chi connectivity index (χ2v) is 5.03. The molecule has 5 heteroatoms. The molecule has 1 amide bonds. The Hall–Kier alpha value is -0.940. The lowest BCUT2D eigenvalue weighted by Crippen LogP contribution is -2.21. The first-order valence-corrected chi connectivity index (χ1v) is 6.43. The Morgan fingerprint density at radius 3 is 2.88 bits per heavy atom. The highest BCUT2D eigenvalue weighted by Crippen LogP contribution is 2.15. The van der Waals surface area contributed by atoms with Crippen molar-refractivity contribution >= 4 is 22.4 Å². The molecule has 0 aliphatic heterocycles. The highest BCUT2D eigenvalue weighted by molar-refractivity contribution is 7.13. The highest BCUT2D eigenvalue weighted by atomic mass is 32.1. The van der Waals surface area contributed by atoms with E-state index in [-0.39, 0.29) is 17.9 Å². The summed E-state index contributed by atoms with van der Waals surface area (Å²) in [5.41, 5.74) is 5.66. The molecule has 0 saturated carbocycles. The number of nitrogens with one attached hydrogen (secondary N) is 1. The molecule has 0 spiro atoms. The predicted molar refractivity (Wildman–Crippen MR) is 67.4 cm³/mol. The number of nitrogens with two attached hydrogens (primary N) is 1. The molecule has 1 aromatic heterocycles. The quantitative estimate of drug-likeness (QED) is 0.802. The van der Waals surface area contributed by atoms with Crippen LogP contribution in [-0.2, 0) is 4.79 Å².